The smallest absolute Gasteiger partial charge is 0.490 e. The number of carboxylic acids is 1. The normalized spacial score (nSPS) is 14.5. The van der Waals surface area contributed by atoms with Crippen LogP contribution in [0.25, 0.3) is 10.9 Å². The maximum Gasteiger partial charge on any atom is 0.490 e. The highest BCUT2D eigenvalue weighted by molar-refractivity contribution is 5.85. The molecule has 10 heteroatoms. The first-order chi connectivity index (χ1) is 15.1. The van der Waals surface area contributed by atoms with Gasteiger partial charge in [-0.15, -0.1) is 0 Å². The van der Waals surface area contributed by atoms with E-state index >= 15 is 0 Å². The molecule has 1 atom stereocenters. The molecule has 1 fully saturated rings. The van der Waals surface area contributed by atoms with Crippen molar-refractivity contribution in [1.82, 2.24) is 10.3 Å². The van der Waals surface area contributed by atoms with Crippen LogP contribution in [0.4, 0.5) is 22.0 Å². The number of benzene rings is 2. The lowest BCUT2D eigenvalue weighted by atomic mass is 9.96. The summed E-state index contributed by atoms with van der Waals surface area (Å²) in [5.41, 5.74) is 1.68. The topological polar surface area (TPSA) is 82.5 Å². The van der Waals surface area contributed by atoms with E-state index in [4.69, 9.17) is 9.90 Å². The van der Waals surface area contributed by atoms with Gasteiger partial charge < -0.3 is 15.5 Å². The number of carbonyl (C=O) groups is 1. The summed E-state index contributed by atoms with van der Waals surface area (Å²) in [6.07, 6.45) is -1.12. The molecule has 3 aromatic rings. The molecule has 0 amide bonds. The fourth-order valence-corrected chi connectivity index (χ4v) is 3.08. The van der Waals surface area contributed by atoms with Gasteiger partial charge in [0.05, 0.1) is 6.04 Å². The molecule has 2 aromatic carbocycles. The number of phenols is 1. The summed E-state index contributed by atoms with van der Waals surface area (Å²) in [5, 5.41) is 22.1. The Kier molecular flexibility index (Phi) is 6.93. The minimum atomic E-state index is -5.08. The van der Waals surface area contributed by atoms with E-state index in [9.17, 15) is 27.1 Å². The number of aromatic hydroxyl groups is 1. The van der Waals surface area contributed by atoms with Crippen LogP contribution in [0, 0.1) is 17.6 Å². The molecule has 1 aromatic heterocycles. The number of halogens is 5. The van der Waals surface area contributed by atoms with E-state index < -0.39 is 29.8 Å². The van der Waals surface area contributed by atoms with Crippen LogP contribution in [0.1, 0.15) is 30.0 Å². The van der Waals surface area contributed by atoms with Gasteiger partial charge in [-0.05, 0) is 49.1 Å². The Hall–Kier alpha value is -3.27. The molecule has 0 bridgehead atoms. The molecule has 0 aliphatic heterocycles. The van der Waals surface area contributed by atoms with Crippen molar-refractivity contribution in [1.29, 1.82) is 0 Å². The predicted octanol–water partition coefficient (Wildman–Crippen LogP) is 4.94. The van der Waals surface area contributed by atoms with Crippen LogP contribution >= 0.6 is 0 Å². The second-order valence-corrected chi connectivity index (χ2v) is 7.34. The van der Waals surface area contributed by atoms with Gasteiger partial charge in [-0.2, -0.15) is 13.2 Å². The third-order valence-corrected chi connectivity index (χ3v) is 4.92. The lowest BCUT2D eigenvalue weighted by Gasteiger charge is -2.21. The molecule has 1 heterocycles. The number of rotatable bonds is 5. The number of nitrogens with zero attached hydrogens (tertiary/aromatic N) is 1. The SMILES string of the molecule is O=C(O)C(F)(F)F.Oc1c(C(NCC2CC2)c2ccc(F)c(F)c2)ccc2cccnc12. The zero-order valence-corrected chi connectivity index (χ0v) is 16.5. The highest BCUT2D eigenvalue weighted by Gasteiger charge is 2.38. The number of carboxylic acid groups (broad SMARTS) is 1. The summed E-state index contributed by atoms with van der Waals surface area (Å²) < 4.78 is 58.8. The quantitative estimate of drug-likeness (QED) is 0.476. The van der Waals surface area contributed by atoms with E-state index in [1.807, 2.05) is 18.2 Å². The maximum atomic E-state index is 13.7. The van der Waals surface area contributed by atoms with E-state index in [1.165, 1.54) is 18.9 Å². The van der Waals surface area contributed by atoms with Crippen molar-refractivity contribution < 1.29 is 37.0 Å². The van der Waals surface area contributed by atoms with Crippen LogP contribution in [0.3, 0.4) is 0 Å². The largest absolute Gasteiger partial charge is 0.505 e. The van der Waals surface area contributed by atoms with Crippen molar-refractivity contribution in [2.45, 2.75) is 25.1 Å². The van der Waals surface area contributed by atoms with E-state index in [2.05, 4.69) is 10.3 Å². The van der Waals surface area contributed by atoms with Crippen LogP contribution in [0.15, 0.2) is 48.7 Å². The number of pyridine rings is 1. The second kappa shape index (κ2) is 9.47. The molecular weight excluding hydrogens is 435 g/mol. The molecule has 0 saturated heterocycles. The van der Waals surface area contributed by atoms with Gasteiger partial charge in [0, 0.05) is 17.1 Å². The van der Waals surface area contributed by atoms with Crippen molar-refractivity contribution in [2.75, 3.05) is 6.54 Å². The van der Waals surface area contributed by atoms with Gasteiger partial charge in [0.15, 0.2) is 11.6 Å². The lowest BCUT2D eigenvalue weighted by molar-refractivity contribution is -0.192. The number of phenolic OH excluding ortho intramolecular Hbond substituents is 1. The highest BCUT2D eigenvalue weighted by atomic mass is 19.4. The summed E-state index contributed by atoms with van der Waals surface area (Å²) in [4.78, 5) is 13.1. The van der Waals surface area contributed by atoms with Crippen LogP contribution in [0.5, 0.6) is 5.75 Å². The molecule has 1 aliphatic rings. The van der Waals surface area contributed by atoms with E-state index in [0.717, 1.165) is 18.0 Å². The third-order valence-electron chi connectivity index (χ3n) is 4.92. The molecule has 32 heavy (non-hydrogen) atoms. The number of hydrogen-bond donors (Lipinski definition) is 3. The minimum Gasteiger partial charge on any atom is -0.505 e. The Bertz CT molecular complexity index is 1120. The van der Waals surface area contributed by atoms with Crippen molar-refractivity contribution in [2.24, 2.45) is 5.92 Å². The average Bonchev–Trinajstić information content (AvgIpc) is 3.56. The summed E-state index contributed by atoms with van der Waals surface area (Å²) in [5.74, 6) is -3.86. The standard InChI is InChI=1S/C20H18F2N2O.C2HF3O2/c21-16-8-6-14(10-17(16)22)18(24-11-12-3-4-12)15-7-5-13-2-1-9-23-19(13)20(15)25;3-2(4,5)1(6)7/h1-2,5-10,12,18,24-25H,3-4,11H2;(H,6,7). The zero-order valence-electron chi connectivity index (χ0n) is 16.5. The summed E-state index contributed by atoms with van der Waals surface area (Å²) in [6.45, 7) is 0.767. The molecule has 0 spiro atoms. The van der Waals surface area contributed by atoms with Crippen LogP contribution in [0.2, 0.25) is 0 Å². The van der Waals surface area contributed by atoms with Gasteiger partial charge in [-0.25, -0.2) is 13.6 Å². The minimum absolute atomic E-state index is 0.0659. The van der Waals surface area contributed by atoms with Crippen molar-refractivity contribution in [3.63, 3.8) is 0 Å². The molecule has 1 saturated carbocycles. The van der Waals surface area contributed by atoms with Crippen molar-refractivity contribution >= 4 is 16.9 Å². The zero-order chi connectivity index (χ0) is 23.5. The Morgan fingerprint density at radius 2 is 1.81 bits per heavy atom. The third kappa shape index (κ3) is 5.70. The second-order valence-electron chi connectivity index (χ2n) is 7.34. The van der Waals surface area contributed by atoms with Crippen molar-refractivity contribution in [3.05, 3.63) is 71.4 Å². The predicted molar refractivity (Wildman–Crippen MR) is 106 cm³/mol. The van der Waals surface area contributed by atoms with Crippen molar-refractivity contribution in [3.8, 4) is 5.75 Å². The Labute approximate surface area is 179 Å². The summed E-state index contributed by atoms with van der Waals surface area (Å²) in [7, 11) is 0. The number of fused-ring (bicyclic) bond motifs is 1. The Balaban J connectivity index is 0.000000360. The van der Waals surface area contributed by atoms with E-state index in [-0.39, 0.29) is 5.75 Å². The summed E-state index contributed by atoms with van der Waals surface area (Å²) in [6, 6.07) is 10.8. The van der Waals surface area contributed by atoms with Gasteiger partial charge in [0.1, 0.15) is 11.3 Å². The first-order valence-corrected chi connectivity index (χ1v) is 9.63. The molecule has 1 aliphatic carbocycles. The number of alkyl halides is 3. The average molecular weight is 454 g/mol. The van der Waals surface area contributed by atoms with Gasteiger partial charge in [-0.1, -0.05) is 24.3 Å². The number of aromatic nitrogens is 1. The molecule has 4 rings (SSSR count). The number of hydrogen-bond acceptors (Lipinski definition) is 4. The maximum absolute atomic E-state index is 13.7. The summed E-state index contributed by atoms with van der Waals surface area (Å²) >= 11 is 0. The number of nitrogens with one attached hydrogen (secondary N) is 1. The lowest BCUT2D eigenvalue weighted by Crippen LogP contribution is -2.25. The van der Waals surface area contributed by atoms with Gasteiger partial charge in [0.25, 0.3) is 0 Å². The van der Waals surface area contributed by atoms with Crippen LogP contribution in [-0.4, -0.2) is 33.9 Å². The Morgan fingerprint density at radius 1 is 1.12 bits per heavy atom. The van der Waals surface area contributed by atoms with Crippen LogP contribution < -0.4 is 5.32 Å². The molecule has 0 radical (unpaired) electrons. The molecule has 170 valence electrons. The Morgan fingerprint density at radius 3 is 2.41 bits per heavy atom. The highest BCUT2D eigenvalue weighted by Crippen LogP contribution is 2.36. The van der Waals surface area contributed by atoms with E-state index in [0.29, 0.717) is 22.6 Å². The van der Waals surface area contributed by atoms with E-state index in [1.54, 1.807) is 18.3 Å². The number of aliphatic carboxylic acids is 1. The van der Waals surface area contributed by atoms with Gasteiger partial charge >= 0.3 is 12.1 Å². The monoisotopic (exact) mass is 454 g/mol. The molecule has 1 unspecified atom stereocenters. The molecular formula is C22H19F5N2O3. The van der Waals surface area contributed by atoms with Gasteiger partial charge in [-0.3, -0.25) is 4.98 Å². The molecule has 5 nitrogen and oxygen atoms in total. The van der Waals surface area contributed by atoms with Crippen LogP contribution in [-0.2, 0) is 4.79 Å². The first kappa shape index (κ1) is 23.4. The first-order valence-electron chi connectivity index (χ1n) is 9.63. The fourth-order valence-electron chi connectivity index (χ4n) is 3.08. The van der Waals surface area contributed by atoms with Gasteiger partial charge in [0.2, 0.25) is 0 Å². The molecule has 3 N–H and O–H groups in total. The fraction of sp³-hybridized carbons (Fsp3) is 0.273.